The van der Waals surface area contributed by atoms with E-state index in [2.05, 4.69) is 170 Å². The smallest absolute Gasteiger partial charge is 0.127 e. The molecule has 0 aliphatic carbocycles. The Morgan fingerprint density at radius 3 is 1.57 bits per heavy atom. The fourth-order valence-corrected chi connectivity index (χ4v) is 7.56. The summed E-state index contributed by atoms with van der Waals surface area (Å²) in [5.74, 6) is 0.530. The average molecular weight is 621 g/mol. The summed E-state index contributed by atoms with van der Waals surface area (Å²) in [4.78, 5) is 5.39. The van der Waals surface area contributed by atoms with Gasteiger partial charge in [-0.2, -0.15) is 0 Å². The van der Waals surface area contributed by atoms with Gasteiger partial charge in [-0.1, -0.05) is 146 Å². The molecule has 1 heterocycles. The van der Waals surface area contributed by atoms with E-state index in [1.54, 1.807) is 11.3 Å². The normalized spacial score (nSPS) is 12.4. The van der Waals surface area contributed by atoms with Crippen LogP contribution in [0.4, 0.5) is 0 Å². The van der Waals surface area contributed by atoms with Gasteiger partial charge in [0.25, 0.3) is 0 Å². The van der Waals surface area contributed by atoms with Crippen molar-refractivity contribution in [3.8, 4) is 33.4 Å². The van der Waals surface area contributed by atoms with Crippen molar-refractivity contribution in [2.75, 3.05) is 0 Å². The number of rotatable bonds is 7. The maximum atomic E-state index is 7.06. The fraction of sp³-hybridized carbons (Fsp3) is 0.0227. The van der Waals surface area contributed by atoms with Crippen molar-refractivity contribution in [3.63, 3.8) is 0 Å². The molecule has 0 fully saturated rings. The van der Waals surface area contributed by atoms with Gasteiger partial charge in [0, 0.05) is 25.7 Å². The quantitative estimate of drug-likeness (QED) is 0.140. The van der Waals surface area contributed by atoms with Crippen molar-refractivity contribution in [1.82, 2.24) is 0 Å². The summed E-state index contributed by atoms with van der Waals surface area (Å²) in [7, 11) is 0. The molecule has 8 rings (SSSR count). The zero-order chi connectivity index (χ0) is 31.6. The molecule has 1 atom stereocenters. The summed E-state index contributed by atoms with van der Waals surface area (Å²) >= 11 is 1.79. The molecule has 0 amide bonds. The molecule has 0 bridgehead atoms. The summed E-state index contributed by atoms with van der Waals surface area (Å²) in [6.45, 7) is 0. The second kappa shape index (κ2) is 12.6. The van der Waals surface area contributed by atoms with Crippen molar-refractivity contribution < 1.29 is 0 Å². The molecule has 47 heavy (non-hydrogen) atoms. The minimum Gasteiger partial charge on any atom is -0.383 e. The second-order valence-corrected chi connectivity index (χ2v) is 12.8. The molecule has 8 aromatic rings. The van der Waals surface area contributed by atoms with Crippen molar-refractivity contribution in [2.24, 2.45) is 10.7 Å². The highest BCUT2D eigenvalue weighted by atomic mass is 32.1. The maximum Gasteiger partial charge on any atom is 0.127 e. The Morgan fingerprint density at radius 2 is 0.957 bits per heavy atom. The van der Waals surface area contributed by atoms with Crippen molar-refractivity contribution in [2.45, 2.75) is 6.04 Å². The highest BCUT2D eigenvalue weighted by Crippen LogP contribution is 2.38. The Hall–Kier alpha value is -5.77. The molecule has 0 spiro atoms. The fourth-order valence-electron chi connectivity index (χ4n) is 6.43. The zero-order valence-electron chi connectivity index (χ0n) is 25.8. The largest absolute Gasteiger partial charge is 0.383 e. The molecule has 0 aliphatic heterocycles. The third-order valence-corrected chi connectivity index (χ3v) is 9.90. The molecular formula is C44H32N2S. The van der Waals surface area contributed by atoms with E-state index < -0.39 is 0 Å². The van der Waals surface area contributed by atoms with Gasteiger partial charge in [-0.05, 0) is 74.8 Å². The van der Waals surface area contributed by atoms with Crippen LogP contribution in [0.2, 0.25) is 0 Å². The minimum atomic E-state index is -0.328. The molecule has 1 unspecified atom stereocenters. The number of amidine groups is 1. The number of hydrogen-bond acceptors (Lipinski definition) is 2. The van der Waals surface area contributed by atoms with Gasteiger partial charge >= 0.3 is 0 Å². The molecule has 1 aromatic heterocycles. The molecule has 0 aliphatic rings. The Labute approximate surface area is 279 Å². The predicted octanol–water partition coefficient (Wildman–Crippen LogP) is 11.6. The summed E-state index contributed by atoms with van der Waals surface area (Å²) in [6.07, 6.45) is 0. The van der Waals surface area contributed by atoms with Crippen LogP contribution < -0.4 is 5.73 Å². The molecule has 0 saturated heterocycles. The van der Waals surface area contributed by atoms with Gasteiger partial charge in [0.15, 0.2) is 0 Å². The van der Waals surface area contributed by atoms with Gasteiger partial charge in [0.1, 0.15) is 11.9 Å². The summed E-state index contributed by atoms with van der Waals surface area (Å²) < 4.78 is 2.46. The first-order valence-corrected chi connectivity index (χ1v) is 16.7. The number of fused-ring (bicyclic) bond motifs is 3. The minimum absolute atomic E-state index is 0.328. The number of nitrogens with zero attached hydrogens (tertiary/aromatic N) is 1. The topological polar surface area (TPSA) is 38.4 Å². The van der Waals surface area contributed by atoms with Crippen LogP contribution in [0.15, 0.2) is 181 Å². The first-order valence-electron chi connectivity index (χ1n) is 15.9. The molecule has 2 nitrogen and oxygen atoms in total. The molecule has 0 radical (unpaired) electrons. The zero-order valence-corrected chi connectivity index (χ0v) is 26.6. The number of aliphatic imine (C=N–C) groups is 1. The molecule has 7 aromatic carbocycles. The van der Waals surface area contributed by atoms with Gasteiger partial charge in [-0.3, -0.25) is 4.99 Å². The number of thiophene rings is 1. The van der Waals surface area contributed by atoms with E-state index in [4.69, 9.17) is 10.7 Å². The monoisotopic (exact) mass is 620 g/mol. The molecular weight excluding hydrogens is 589 g/mol. The SMILES string of the molecule is NC(=NC(c1ccc(-c2ccccc2)cc1)c1cc(-c2ccccc2)cc(-c2ccccc2)c1)c1cccc2sc3ccccc3c12. The summed E-state index contributed by atoms with van der Waals surface area (Å²) in [6, 6.07) is 61.8. The van der Waals surface area contributed by atoms with Gasteiger partial charge in [-0.25, -0.2) is 0 Å². The highest BCUT2D eigenvalue weighted by Gasteiger charge is 2.19. The first-order chi connectivity index (χ1) is 23.2. The van der Waals surface area contributed by atoms with E-state index in [9.17, 15) is 0 Å². The Kier molecular flexibility index (Phi) is 7.66. The van der Waals surface area contributed by atoms with E-state index in [1.807, 2.05) is 6.07 Å². The van der Waals surface area contributed by atoms with E-state index in [0.717, 1.165) is 44.3 Å². The maximum absolute atomic E-state index is 7.06. The lowest BCUT2D eigenvalue weighted by Gasteiger charge is -2.19. The van der Waals surface area contributed by atoms with Crippen LogP contribution in [0.3, 0.4) is 0 Å². The number of nitrogens with two attached hydrogens (primary N) is 1. The third-order valence-electron chi connectivity index (χ3n) is 8.77. The Morgan fingerprint density at radius 1 is 0.447 bits per heavy atom. The van der Waals surface area contributed by atoms with Crippen LogP contribution in [-0.2, 0) is 0 Å². The van der Waals surface area contributed by atoms with Crippen molar-refractivity contribution in [3.05, 3.63) is 193 Å². The molecule has 3 heteroatoms. The van der Waals surface area contributed by atoms with Crippen molar-refractivity contribution >= 4 is 37.3 Å². The Bertz CT molecular complexity index is 2280. The van der Waals surface area contributed by atoms with Gasteiger partial charge < -0.3 is 5.73 Å². The van der Waals surface area contributed by atoms with Gasteiger partial charge in [0.05, 0.1) is 0 Å². The van der Waals surface area contributed by atoms with E-state index in [1.165, 1.54) is 25.9 Å². The summed E-state index contributed by atoms with van der Waals surface area (Å²) in [5.41, 5.74) is 17.2. The average Bonchev–Trinajstić information content (AvgIpc) is 3.54. The highest BCUT2D eigenvalue weighted by molar-refractivity contribution is 7.25. The van der Waals surface area contributed by atoms with Gasteiger partial charge in [0.2, 0.25) is 0 Å². The summed E-state index contributed by atoms with van der Waals surface area (Å²) in [5, 5.41) is 2.37. The van der Waals surface area contributed by atoms with E-state index >= 15 is 0 Å². The third kappa shape index (κ3) is 5.74. The molecule has 224 valence electrons. The van der Waals surface area contributed by atoms with Crippen LogP contribution in [0.5, 0.6) is 0 Å². The number of hydrogen-bond donors (Lipinski definition) is 1. The first kappa shape index (κ1) is 28.7. The van der Waals surface area contributed by atoms with Gasteiger partial charge in [-0.15, -0.1) is 11.3 Å². The van der Waals surface area contributed by atoms with Crippen LogP contribution >= 0.6 is 11.3 Å². The van der Waals surface area contributed by atoms with E-state index in [0.29, 0.717) is 5.84 Å². The van der Waals surface area contributed by atoms with Crippen LogP contribution in [0.1, 0.15) is 22.7 Å². The van der Waals surface area contributed by atoms with E-state index in [-0.39, 0.29) is 6.04 Å². The molecule has 0 saturated carbocycles. The standard InChI is InChI=1S/C44H32N2S/c45-44(39-20-12-22-41-42(39)38-19-10-11-21-40(38)47-41)46-43(34-25-23-33(24-26-34)30-13-4-1-5-14-30)37-28-35(31-15-6-2-7-16-31)27-36(29-37)32-17-8-3-9-18-32/h1-29,43H,(H2,45,46). The lowest BCUT2D eigenvalue weighted by Crippen LogP contribution is -2.16. The predicted molar refractivity (Wildman–Crippen MR) is 201 cm³/mol. The second-order valence-electron chi connectivity index (χ2n) is 11.8. The van der Waals surface area contributed by atoms with Crippen LogP contribution in [0.25, 0.3) is 53.6 Å². The van der Waals surface area contributed by atoms with Crippen LogP contribution in [0, 0.1) is 0 Å². The Balaban J connectivity index is 1.33. The van der Waals surface area contributed by atoms with Crippen molar-refractivity contribution in [1.29, 1.82) is 0 Å². The number of benzene rings is 7. The van der Waals surface area contributed by atoms with Crippen LogP contribution in [-0.4, -0.2) is 5.84 Å². The molecule has 2 N–H and O–H groups in total. The lowest BCUT2D eigenvalue weighted by atomic mass is 9.90. The lowest BCUT2D eigenvalue weighted by molar-refractivity contribution is 0.872.